The van der Waals surface area contributed by atoms with E-state index in [0.29, 0.717) is 11.3 Å². The van der Waals surface area contributed by atoms with E-state index in [-0.39, 0.29) is 0 Å². The summed E-state index contributed by atoms with van der Waals surface area (Å²) >= 11 is 7.86. The third-order valence-electron chi connectivity index (χ3n) is 2.70. The van der Waals surface area contributed by atoms with Crippen LogP contribution in [0.2, 0.25) is 0 Å². The third-order valence-corrected chi connectivity index (χ3v) is 4.19. The minimum Gasteiger partial charge on any atom is -0.361 e. The molecule has 1 N–H and O–H groups in total. The summed E-state index contributed by atoms with van der Waals surface area (Å²) in [5, 5.41) is 6.82. The molecule has 1 fully saturated rings. The van der Waals surface area contributed by atoms with Crippen molar-refractivity contribution in [2.24, 2.45) is 5.92 Å². The van der Waals surface area contributed by atoms with E-state index in [1.54, 1.807) is 11.3 Å². The van der Waals surface area contributed by atoms with Gasteiger partial charge in [-0.2, -0.15) is 0 Å². The summed E-state index contributed by atoms with van der Waals surface area (Å²) in [5.41, 5.74) is 1.09. The van der Waals surface area contributed by atoms with E-state index in [4.69, 9.17) is 11.6 Å². The van der Waals surface area contributed by atoms with Gasteiger partial charge in [-0.3, -0.25) is 0 Å². The number of anilines is 1. The summed E-state index contributed by atoms with van der Waals surface area (Å²) < 4.78 is 0. The van der Waals surface area contributed by atoms with Crippen LogP contribution in [0.25, 0.3) is 0 Å². The highest BCUT2D eigenvalue weighted by atomic mass is 35.5. The molecule has 0 bridgehead atoms. The molecule has 14 heavy (non-hydrogen) atoms. The number of alkyl halides is 1. The van der Waals surface area contributed by atoms with Crippen molar-refractivity contribution in [1.29, 1.82) is 0 Å². The van der Waals surface area contributed by atoms with Gasteiger partial charge in [-0.05, 0) is 25.7 Å². The number of hydrogen-bond donors (Lipinski definition) is 1. The van der Waals surface area contributed by atoms with Crippen LogP contribution in [0, 0.1) is 12.8 Å². The highest BCUT2D eigenvalue weighted by Gasteiger charge is 2.24. The number of aromatic nitrogens is 1. The molecule has 0 aliphatic heterocycles. The van der Waals surface area contributed by atoms with Crippen LogP contribution in [0.15, 0.2) is 5.38 Å². The molecule has 0 radical (unpaired) electrons. The van der Waals surface area contributed by atoms with Crippen molar-refractivity contribution >= 4 is 28.1 Å². The van der Waals surface area contributed by atoms with Crippen LogP contribution >= 0.6 is 22.9 Å². The smallest absolute Gasteiger partial charge is 0.182 e. The van der Waals surface area contributed by atoms with Crippen molar-refractivity contribution in [1.82, 2.24) is 4.98 Å². The molecule has 0 amide bonds. The average Bonchev–Trinajstić information content (AvgIpc) is 2.72. The molecule has 78 valence electrons. The first kappa shape index (κ1) is 10.2. The lowest BCUT2D eigenvalue weighted by Crippen LogP contribution is -2.18. The van der Waals surface area contributed by atoms with Gasteiger partial charge < -0.3 is 5.32 Å². The van der Waals surface area contributed by atoms with E-state index >= 15 is 0 Å². The van der Waals surface area contributed by atoms with Gasteiger partial charge in [-0.15, -0.1) is 22.9 Å². The fourth-order valence-electron chi connectivity index (χ4n) is 1.88. The monoisotopic (exact) mass is 230 g/mol. The van der Waals surface area contributed by atoms with Crippen LogP contribution in [-0.2, 0) is 0 Å². The predicted octanol–water partition coefficient (Wildman–Crippen LogP) is 3.27. The van der Waals surface area contributed by atoms with Gasteiger partial charge in [0, 0.05) is 17.3 Å². The lowest BCUT2D eigenvalue weighted by atomic mass is 10.1. The van der Waals surface area contributed by atoms with Gasteiger partial charge in [0.1, 0.15) is 0 Å². The van der Waals surface area contributed by atoms with Gasteiger partial charge in [-0.25, -0.2) is 4.98 Å². The zero-order chi connectivity index (χ0) is 9.97. The van der Waals surface area contributed by atoms with Crippen LogP contribution in [0.3, 0.4) is 0 Å². The number of hydrogen-bond acceptors (Lipinski definition) is 3. The minimum atomic E-state index is 0.364. The van der Waals surface area contributed by atoms with E-state index < -0.39 is 0 Å². The largest absolute Gasteiger partial charge is 0.361 e. The highest BCUT2D eigenvalue weighted by molar-refractivity contribution is 7.13. The Morgan fingerprint density at radius 3 is 3.07 bits per heavy atom. The molecule has 1 heterocycles. The van der Waals surface area contributed by atoms with E-state index in [2.05, 4.69) is 15.7 Å². The van der Waals surface area contributed by atoms with Gasteiger partial charge >= 0.3 is 0 Å². The maximum atomic E-state index is 6.19. The number of rotatable bonds is 3. The molecule has 4 heteroatoms. The van der Waals surface area contributed by atoms with Crippen molar-refractivity contribution in [2.45, 2.75) is 31.6 Å². The molecule has 2 nitrogen and oxygen atoms in total. The van der Waals surface area contributed by atoms with E-state index in [1.165, 1.54) is 19.3 Å². The number of nitrogens with zero attached hydrogens (tertiary/aromatic N) is 1. The second-order valence-corrected chi connectivity index (χ2v) is 5.30. The summed E-state index contributed by atoms with van der Waals surface area (Å²) in [6.45, 7) is 2.99. The molecule has 0 saturated heterocycles. The molecule has 2 rings (SSSR count). The van der Waals surface area contributed by atoms with Crippen molar-refractivity contribution in [2.75, 3.05) is 11.9 Å². The van der Waals surface area contributed by atoms with Crippen LogP contribution in [0.4, 0.5) is 5.13 Å². The molecule has 0 aromatic carbocycles. The van der Waals surface area contributed by atoms with Crippen molar-refractivity contribution in [3.05, 3.63) is 11.1 Å². The summed E-state index contributed by atoms with van der Waals surface area (Å²) in [5.74, 6) is 0.626. The standard InChI is InChI=1S/C10H15ClN2S/c1-7-6-14-10(13-7)12-5-8-3-2-4-9(8)11/h6,8-9H,2-5H2,1H3,(H,12,13). The Balaban J connectivity index is 1.82. The van der Waals surface area contributed by atoms with E-state index in [1.807, 2.05) is 6.92 Å². The third kappa shape index (κ3) is 2.39. The average molecular weight is 231 g/mol. The van der Waals surface area contributed by atoms with Gasteiger partial charge in [-0.1, -0.05) is 6.42 Å². The Morgan fingerprint density at radius 1 is 1.64 bits per heavy atom. The first-order valence-corrected chi connectivity index (χ1v) is 6.37. The van der Waals surface area contributed by atoms with Gasteiger partial charge in [0.25, 0.3) is 0 Å². The molecule has 1 aliphatic rings. The quantitative estimate of drug-likeness (QED) is 0.807. The van der Waals surface area contributed by atoms with Crippen molar-refractivity contribution < 1.29 is 0 Å². The van der Waals surface area contributed by atoms with Crippen molar-refractivity contribution in [3.8, 4) is 0 Å². The maximum Gasteiger partial charge on any atom is 0.182 e. The van der Waals surface area contributed by atoms with E-state index in [9.17, 15) is 0 Å². The topological polar surface area (TPSA) is 24.9 Å². The molecule has 1 aromatic heterocycles. The molecular formula is C10H15ClN2S. The zero-order valence-corrected chi connectivity index (χ0v) is 9.87. The lowest BCUT2D eigenvalue weighted by Gasteiger charge is -2.13. The highest BCUT2D eigenvalue weighted by Crippen LogP contribution is 2.30. The molecule has 2 unspecified atom stereocenters. The molecule has 0 spiro atoms. The Labute approximate surface area is 93.7 Å². The lowest BCUT2D eigenvalue weighted by molar-refractivity contribution is 0.586. The number of halogens is 1. The minimum absolute atomic E-state index is 0.364. The fraction of sp³-hybridized carbons (Fsp3) is 0.700. The van der Waals surface area contributed by atoms with Gasteiger partial charge in [0.2, 0.25) is 0 Å². The molecule has 2 atom stereocenters. The normalized spacial score (nSPS) is 26.7. The molecule has 1 saturated carbocycles. The van der Waals surface area contributed by atoms with Crippen molar-refractivity contribution in [3.63, 3.8) is 0 Å². The molecule has 1 aliphatic carbocycles. The van der Waals surface area contributed by atoms with Crippen LogP contribution < -0.4 is 5.32 Å². The predicted molar refractivity (Wildman–Crippen MR) is 62.3 cm³/mol. The number of nitrogens with one attached hydrogen (secondary N) is 1. The number of aryl methyl sites for hydroxylation is 1. The second-order valence-electron chi connectivity index (χ2n) is 3.88. The Bertz CT molecular complexity index is 300. The fourth-order valence-corrected chi connectivity index (χ4v) is 2.94. The van der Waals surface area contributed by atoms with Crippen LogP contribution in [0.1, 0.15) is 25.0 Å². The number of thiazole rings is 1. The van der Waals surface area contributed by atoms with Gasteiger partial charge in [0.05, 0.1) is 5.69 Å². The summed E-state index contributed by atoms with van der Waals surface area (Å²) in [6, 6.07) is 0. The first-order chi connectivity index (χ1) is 6.75. The summed E-state index contributed by atoms with van der Waals surface area (Å²) in [7, 11) is 0. The van der Waals surface area contributed by atoms with Crippen LogP contribution in [-0.4, -0.2) is 16.9 Å². The first-order valence-electron chi connectivity index (χ1n) is 5.06. The Kier molecular flexibility index (Phi) is 3.29. The van der Waals surface area contributed by atoms with E-state index in [0.717, 1.165) is 17.4 Å². The Morgan fingerprint density at radius 2 is 2.50 bits per heavy atom. The summed E-state index contributed by atoms with van der Waals surface area (Å²) in [4.78, 5) is 4.36. The SMILES string of the molecule is Cc1csc(NCC2CCCC2Cl)n1. The zero-order valence-electron chi connectivity index (χ0n) is 8.29. The maximum absolute atomic E-state index is 6.19. The van der Waals surface area contributed by atoms with Crippen LogP contribution in [0.5, 0.6) is 0 Å². The molecule has 1 aromatic rings. The Hall–Kier alpha value is -0.280. The summed E-state index contributed by atoms with van der Waals surface area (Å²) in [6.07, 6.45) is 3.70. The molecular weight excluding hydrogens is 216 g/mol. The second kappa shape index (κ2) is 4.49. The van der Waals surface area contributed by atoms with Gasteiger partial charge in [0.15, 0.2) is 5.13 Å².